The van der Waals surface area contributed by atoms with Gasteiger partial charge in [0, 0.05) is 36.0 Å². The molecule has 0 bridgehead atoms. The number of benzene rings is 5. The summed E-state index contributed by atoms with van der Waals surface area (Å²) in [4.78, 5) is 55.6. The first-order chi connectivity index (χ1) is 28.0. The minimum absolute atomic E-state index is 0.0975. The van der Waals surface area contributed by atoms with E-state index in [2.05, 4.69) is 34.9 Å². The Bertz CT molecular complexity index is 2250. The van der Waals surface area contributed by atoms with E-state index in [0.29, 0.717) is 59.6 Å². The van der Waals surface area contributed by atoms with E-state index in [0.717, 1.165) is 22.3 Å². The molecule has 58 heavy (non-hydrogen) atoms. The molecule has 0 aromatic heterocycles. The summed E-state index contributed by atoms with van der Waals surface area (Å²) < 4.78 is 6.02. The molecule has 8 heteroatoms. The molecule has 0 aliphatic heterocycles. The quantitative estimate of drug-likeness (QED) is 0.0503. The molecule has 7 rings (SSSR count). The number of Topliss-reactive ketones (excluding diaryl/α,β-unsaturated/α-hetero) is 3. The second kappa shape index (κ2) is 17.4. The molecular weight excluding hydrogens is 744 g/mol. The number of carbonyl (C=O) groups is 4. The fourth-order valence-corrected chi connectivity index (χ4v) is 9.15. The number of ether oxygens (including phenoxy) is 1. The third-order valence-electron chi connectivity index (χ3n) is 11.5. The molecule has 0 saturated heterocycles. The van der Waals surface area contributed by atoms with Crippen molar-refractivity contribution in [3.05, 3.63) is 178 Å². The van der Waals surface area contributed by atoms with Gasteiger partial charge in [0.2, 0.25) is 0 Å². The van der Waals surface area contributed by atoms with Crippen LogP contribution in [-0.2, 0) is 24.5 Å². The van der Waals surface area contributed by atoms with Crippen LogP contribution in [0.2, 0.25) is 5.02 Å². The first kappa shape index (κ1) is 40.4. The van der Waals surface area contributed by atoms with Gasteiger partial charge in [0.1, 0.15) is 12.0 Å². The van der Waals surface area contributed by atoms with Gasteiger partial charge >= 0.3 is 6.09 Å². The maximum absolute atomic E-state index is 15.7. The Hall–Kier alpha value is -5.79. The van der Waals surface area contributed by atoms with E-state index in [1.54, 1.807) is 13.0 Å². The lowest BCUT2D eigenvalue weighted by atomic mass is 9.64. The monoisotopic (exact) mass is 792 g/mol. The van der Waals surface area contributed by atoms with Crippen LogP contribution in [0.25, 0.3) is 11.1 Å². The largest absolute Gasteiger partial charge is 0.449 e. The van der Waals surface area contributed by atoms with Gasteiger partial charge in [-0.05, 0) is 76.6 Å². The number of hydrogen-bond donors (Lipinski definition) is 2. The first-order valence-corrected chi connectivity index (χ1v) is 20.4. The van der Waals surface area contributed by atoms with Crippen molar-refractivity contribution in [3.8, 4) is 11.1 Å². The standard InChI is InChI=1S/C50H49ClN2O5/c1-33(46-44(54)30-49(2,3)31-45(46)55)52-29-17-16-28-43(53-48(57)58-32-40-38-24-12-10-22-36(38)37-23-11-13-25-39(37)40)47(56)50(34-18-6-4-7-19-34,35-20-8-5-9-21-35)41-26-14-15-27-42(41)51/h4-15,18-27,40,43,52H,16-17,28-32H2,1-3H3,(H,53,57)/t43-/m0/s1. The van der Waals surface area contributed by atoms with Crippen LogP contribution in [0, 0.1) is 5.41 Å². The van der Waals surface area contributed by atoms with Crippen LogP contribution in [0.1, 0.15) is 86.6 Å². The van der Waals surface area contributed by atoms with E-state index >= 15 is 4.79 Å². The topological polar surface area (TPSA) is 102 Å². The van der Waals surface area contributed by atoms with E-state index in [4.69, 9.17) is 16.3 Å². The fraction of sp³-hybridized carbons (Fsp3) is 0.280. The minimum Gasteiger partial charge on any atom is -0.449 e. The molecule has 0 heterocycles. The summed E-state index contributed by atoms with van der Waals surface area (Å²) in [6, 6.07) is 41.8. The summed E-state index contributed by atoms with van der Waals surface area (Å²) in [7, 11) is 0. The molecule has 1 atom stereocenters. The normalized spacial score (nSPS) is 15.3. The summed E-state index contributed by atoms with van der Waals surface area (Å²) in [5.74, 6) is -0.678. The summed E-state index contributed by atoms with van der Waals surface area (Å²) in [6.45, 7) is 6.21. The van der Waals surface area contributed by atoms with E-state index in [9.17, 15) is 14.4 Å². The molecule has 5 aromatic carbocycles. The van der Waals surface area contributed by atoms with Gasteiger partial charge in [-0.1, -0.05) is 153 Å². The molecule has 0 spiro atoms. The van der Waals surface area contributed by atoms with Gasteiger partial charge in [-0.25, -0.2) is 4.79 Å². The SMILES string of the molecule is CC(NCCCC[C@H](NC(=O)OCC1c2ccccc2-c2ccccc21)C(=O)C(c1ccccc1)(c1ccccc1)c1ccccc1Cl)=C1C(=O)CC(C)(C)CC1=O. The highest BCUT2D eigenvalue weighted by Gasteiger charge is 2.48. The zero-order chi connectivity index (χ0) is 40.9. The van der Waals surface area contributed by atoms with Gasteiger partial charge in [0.05, 0.1) is 11.6 Å². The number of fused-ring (bicyclic) bond motifs is 3. The predicted octanol–water partition coefficient (Wildman–Crippen LogP) is 10.1. The second-order valence-electron chi connectivity index (χ2n) is 16.1. The molecule has 2 N–H and O–H groups in total. The number of hydrogen-bond acceptors (Lipinski definition) is 6. The fourth-order valence-electron chi connectivity index (χ4n) is 8.87. The van der Waals surface area contributed by atoms with Crippen LogP contribution >= 0.6 is 11.6 Å². The van der Waals surface area contributed by atoms with Crippen LogP contribution in [0.4, 0.5) is 4.79 Å². The van der Waals surface area contributed by atoms with Crippen molar-refractivity contribution < 1.29 is 23.9 Å². The first-order valence-electron chi connectivity index (χ1n) is 20.0. The van der Waals surface area contributed by atoms with Crippen LogP contribution in [0.15, 0.2) is 145 Å². The smallest absolute Gasteiger partial charge is 0.407 e. The van der Waals surface area contributed by atoms with Gasteiger partial charge in [0.25, 0.3) is 0 Å². The number of carbonyl (C=O) groups excluding carboxylic acids is 4. The Labute approximate surface area is 345 Å². The average molecular weight is 793 g/mol. The molecule has 5 aromatic rings. The molecule has 7 nitrogen and oxygen atoms in total. The molecule has 0 radical (unpaired) electrons. The maximum atomic E-state index is 15.7. The molecule has 1 fully saturated rings. The number of alkyl carbamates (subject to hydrolysis) is 1. The van der Waals surface area contributed by atoms with Gasteiger partial charge in [-0.2, -0.15) is 0 Å². The molecule has 296 valence electrons. The Morgan fingerprint density at radius 1 is 0.741 bits per heavy atom. The third-order valence-corrected chi connectivity index (χ3v) is 11.9. The predicted molar refractivity (Wildman–Crippen MR) is 229 cm³/mol. The Morgan fingerprint density at radius 3 is 1.83 bits per heavy atom. The summed E-state index contributed by atoms with van der Waals surface area (Å²) >= 11 is 7.02. The van der Waals surface area contributed by atoms with Crippen LogP contribution < -0.4 is 10.6 Å². The van der Waals surface area contributed by atoms with Crippen molar-refractivity contribution >= 4 is 35.0 Å². The highest BCUT2D eigenvalue weighted by Crippen LogP contribution is 2.46. The molecular formula is C50H49ClN2O5. The lowest BCUT2D eigenvalue weighted by Gasteiger charge is -2.38. The van der Waals surface area contributed by atoms with Crippen molar-refractivity contribution in [2.45, 2.75) is 70.3 Å². The number of allylic oxidation sites excluding steroid dienone is 2. The van der Waals surface area contributed by atoms with Gasteiger partial charge in [-0.3, -0.25) is 14.4 Å². The van der Waals surface area contributed by atoms with E-state index in [1.165, 1.54) is 0 Å². The average Bonchev–Trinajstić information content (AvgIpc) is 3.53. The molecule has 1 saturated carbocycles. The minimum atomic E-state index is -1.39. The van der Waals surface area contributed by atoms with Crippen molar-refractivity contribution in [1.82, 2.24) is 10.6 Å². The van der Waals surface area contributed by atoms with Gasteiger partial charge in [-0.15, -0.1) is 0 Å². The van der Waals surface area contributed by atoms with Crippen molar-refractivity contribution in [1.29, 1.82) is 0 Å². The Kier molecular flexibility index (Phi) is 12.1. The highest BCUT2D eigenvalue weighted by molar-refractivity contribution is 6.32. The number of rotatable bonds is 14. The van der Waals surface area contributed by atoms with Crippen molar-refractivity contribution in [3.63, 3.8) is 0 Å². The number of unbranched alkanes of at least 4 members (excludes halogenated alkanes) is 1. The molecule has 0 unspecified atom stereocenters. The van der Waals surface area contributed by atoms with Crippen LogP contribution in [0.5, 0.6) is 0 Å². The zero-order valence-corrected chi connectivity index (χ0v) is 34.0. The van der Waals surface area contributed by atoms with E-state index in [1.807, 2.05) is 117 Å². The Balaban J connectivity index is 1.18. The lowest BCUT2D eigenvalue weighted by Crippen LogP contribution is -2.52. The van der Waals surface area contributed by atoms with E-state index < -0.39 is 17.6 Å². The van der Waals surface area contributed by atoms with Gasteiger partial charge < -0.3 is 15.4 Å². The van der Waals surface area contributed by atoms with Crippen molar-refractivity contribution in [2.24, 2.45) is 5.41 Å². The van der Waals surface area contributed by atoms with Crippen LogP contribution in [-0.4, -0.2) is 42.6 Å². The summed E-state index contributed by atoms with van der Waals surface area (Å²) in [5.41, 5.74) is 5.54. The molecule has 2 aliphatic carbocycles. The van der Waals surface area contributed by atoms with Gasteiger partial charge in [0.15, 0.2) is 17.3 Å². The number of nitrogens with one attached hydrogen (secondary N) is 2. The molecule has 1 amide bonds. The Morgan fingerprint density at radius 2 is 1.26 bits per heavy atom. The van der Waals surface area contributed by atoms with Crippen LogP contribution in [0.3, 0.4) is 0 Å². The summed E-state index contributed by atoms with van der Waals surface area (Å²) in [6.07, 6.45) is 1.39. The number of halogens is 1. The molecule has 2 aliphatic rings. The number of amides is 1. The second-order valence-corrected chi connectivity index (χ2v) is 16.5. The lowest BCUT2D eigenvalue weighted by molar-refractivity contribution is -0.127. The zero-order valence-electron chi connectivity index (χ0n) is 33.2. The third kappa shape index (κ3) is 8.14. The van der Waals surface area contributed by atoms with Crippen molar-refractivity contribution in [2.75, 3.05) is 13.2 Å². The summed E-state index contributed by atoms with van der Waals surface area (Å²) in [5, 5.41) is 6.73. The highest BCUT2D eigenvalue weighted by atomic mass is 35.5. The van der Waals surface area contributed by atoms with E-state index in [-0.39, 0.29) is 47.3 Å². The maximum Gasteiger partial charge on any atom is 0.407 e. The number of ketones is 3.